The number of carbonyl (C=O) groups excluding carboxylic acids is 1. The number of nitrogens with one attached hydrogen (secondary N) is 2. The molecule has 1 saturated heterocycles. The Morgan fingerprint density at radius 1 is 1.56 bits per heavy atom. The Morgan fingerprint density at radius 2 is 2.38 bits per heavy atom. The van der Waals surface area contributed by atoms with Gasteiger partial charge in [-0.15, -0.1) is 0 Å². The Kier molecular flexibility index (Phi) is 3.65. The quantitative estimate of drug-likeness (QED) is 0.711. The maximum Gasteiger partial charge on any atom is 0.251 e. The second-order valence-corrected chi connectivity index (χ2v) is 4.99. The minimum absolute atomic E-state index is 0.125. The molecule has 0 aromatic heterocycles. The molecule has 1 heterocycles. The minimum atomic E-state index is -0.125. The van der Waals surface area contributed by atoms with E-state index in [2.05, 4.69) is 10.6 Å². The second kappa shape index (κ2) is 5.01. The molecule has 0 unspecified atom stereocenters. The van der Waals surface area contributed by atoms with Gasteiger partial charge in [-0.1, -0.05) is 0 Å². The van der Waals surface area contributed by atoms with Crippen molar-refractivity contribution in [2.45, 2.75) is 12.5 Å². The van der Waals surface area contributed by atoms with Crippen LogP contribution in [0.25, 0.3) is 0 Å². The SMILES string of the molecule is O=C(N[C@H]1CCNC1)c1ccc(I)c(O)c1. The largest absolute Gasteiger partial charge is 0.507 e. The van der Waals surface area contributed by atoms with Crippen LogP contribution in [0.1, 0.15) is 16.8 Å². The van der Waals surface area contributed by atoms with Crippen molar-refractivity contribution < 1.29 is 9.90 Å². The van der Waals surface area contributed by atoms with Crippen molar-refractivity contribution in [3.05, 3.63) is 27.3 Å². The van der Waals surface area contributed by atoms with Gasteiger partial charge in [0.1, 0.15) is 5.75 Å². The smallest absolute Gasteiger partial charge is 0.251 e. The lowest BCUT2D eigenvalue weighted by Crippen LogP contribution is -2.36. The zero-order valence-electron chi connectivity index (χ0n) is 8.66. The van der Waals surface area contributed by atoms with Crippen molar-refractivity contribution in [3.8, 4) is 5.75 Å². The first kappa shape index (κ1) is 11.7. The van der Waals surface area contributed by atoms with Gasteiger partial charge in [0.25, 0.3) is 5.91 Å². The van der Waals surface area contributed by atoms with Gasteiger partial charge in [0, 0.05) is 18.2 Å². The van der Waals surface area contributed by atoms with Crippen molar-refractivity contribution >= 4 is 28.5 Å². The van der Waals surface area contributed by atoms with E-state index in [9.17, 15) is 9.90 Å². The van der Waals surface area contributed by atoms with Crippen LogP contribution < -0.4 is 10.6 Å². The highest BCUT2D eigenvalue weighted by Crippen LogP contribution is 2.20. The molecule has 0 aliphatic carbocycles. The number of carbonyl (C=O) groups is 1. The zero-order valence-corrected chi connectivity index (χ0v) is 10.8. The monoisotopic (exact) mass is 332 g/mol. The first-order valence-electron chi connectivity index (χ1n) is 5.17. The van der Waals surface area contributed by atoms with Crippen LogP contribution in [-0.2, 0) is 0 Å². The van der Waals surface area contributed by atoms with Crippen LogP contribution in [0.2, 0.25) is 0 Å². The lowest BCUT2D eigenvalue weighted by atomic mass is 10.2. The van der Waals surface area contributed by atoms with Crippen LogP contribution >= 0.6 is 22.6 Å². The molecule has 86 valence electrons. The summed E-state index contributed by atoms with van der Waals surface area (Å²) >= 11 is 2.02. The van der Waals surface area contributed by atoms with Gasteiger partial charge in [-0.2, -0.15) is 0 Å². The molecular formula is C11H13IN2O2. The van der Waals surface area contributed by atoms with Crippen molar-refractivity contribution in [1.82, 2.24) is 10.6 Å². The van der Waals surface area contributed by atoms with Gasteiger partial charge in [0.15, 0.2) is 0 Å². The summed E-state index contributed by atoms with van der Waals surface area (Å²) in [5.41, 5.74) is 0.504. The lowest BCUT2D eigenvalue weighted by molar-refractivity contribution is 0.0939. The number of benzene rings is 1. The van der Waals surface area contributed by atoms with E-state index < -0.39 is 0 Å². The molecule has 1 fully saturated rings. The third-order valence-electron chi connectivity index (χ3n) is 2.60. The fraction of sp³-hybridized carbons (Fsp3) is 0.364. The molecule has 1 atom stereocenters. The number of hydrogen-bond acceptors (Lipinski definition) is 3. The molecular weight excluding hydrogens is 319 g/mol. The highest BCUT2D eigenvalue weighted by atomic mass is 127. The molecule has 1 aliphatic rings. The molecule has 0 spiro atoms. The van der Waals surface area contributed by atoms with Gasteiger partial charge in [0.05, 0.1) is 3.57 Å². The van der Waals surface area contributed by atoms with Crippen LogP contribution in [0.4, 0.5) is 0 Å². The molecule has 1 aromatic carbocycles. The average Bonchev–Trinajstić information content (AvgIpc) is 2.74. The standard InChI is InChI=1S/C11H13IN2O2/c12-9-2-1-7(5-10(9)15)11(16)14-8-3-4-13-6-8/h1-2,5,8,13,15H,3-4,6H2,(H,14,16)/t8-/m0/s1. The van der Waals surface area contributed by atoms with E-state index in [-0.39, 0.29) is 17.7 Å². The van der Waals surface area contributed by atoms with E-state index >= 15 is 0 Å². The highest BCUT2D eigenvalue weighted by Gasteiger charge is 2.17. The second-order valence-electron chi connectivity index (χ2n) is 3.83. The zero-order chi connectivity index (χ0) is 11.5. The summed E-state index contributed by atoms with van der Waals surface area (Å²) in [5, 5.41) is 15.6. The maximum absolute atomic E-state index is 11.8. The molecule has 2 rings (SSSR count). The lowest BCUT2D eigenvalue weighted by Gasteiger charge is -2.11. The third-order valence-corrected chi connectivity index (χ3v) is 3.52. The Labute approximate surface area is 108 Å². The molecule has 0 radical (unpaired) electrons. The van der Waals surface area contributed by atoms with Crippen LogP contribution in [0, 0.1) is 3.57 Å². The summed E-state index contributed by atoms with van der Waals surface area (Å²) in [6, 6.07) is 5.16. The topological polar surface area (TPSA) is 61.4 Å². The molecule has 5 heteroatoms. The summed E-state index contributed by atoms with van der Waals surface area (Å²) in [6.45, 7) is 1.77. The van der Waals surface area contributed by atoms with Crippen molar-refractivity contribution in [2.24, 2.45) is 0 Å². The fourth-order valence-corrected chi connectivity index (χ4v) is 2.04. The molecule has 3 N–H and O–H groups in total. The molecule has 16 heavy (non-hydrogen) atoms. The summed E-state index contributed by atoms with van der Waals surface area (Å²) in [7, 11) is 0. The van der Waals surface area contributed by atoms with Crippen LogP contribution in [-0.4, -0.2) is 30.1 Å². The van der Waals surface area contributed by atoms with Crippen molar-refractivity contribution in [3.63, 3.8) is 0 Å². The van der Waals surface area contributed by atoms with Gasteiger partial charge in [-0.3, -0.25) is 4.79 Å². The molecule has 1 aliphatic heterocycles. The number of amides is 1. The number of hydrogen-bond donors (Lipinski definition) is 3. The van der Waals surface area contributed by atoms with E-state index in [1.54, 1.807) is 12.1 Å². The third kappa shape index (κ3) is 2.65. The molecule has 0 saturated carbocycles. The minimum Gasteiger partial charge on any atom is -0.507 e. The summed E-state index contributed by atoms with van der Waals surface area (Å²) in [6.07, 6.45) is 0.960. The van der Waals surface area contributed by atoms with Gasteiger partial charge in [-0.05, 0) is 53.8 Å². The first-order chi connectivity index (χ1) is 7.66. The van der Waals surface area contributed by atoms with Gasteiger partial charge in [-0.25, -0.2) is 0 Å². The number of phenolic OH excluding ortho intramolecular Hbond substituents is 1. The normalized spacial score (nSPS) is 19.7. The number of rotatable bonds is 2. The summed E-state index contributed by atoms with van der Waals surface area (Å²) in [4.78, 5) is 11.8. The predicted octanol–water partition coefficient (Wildman–Crippen LogP) is 1.09. The van der Waals surface area contributed by atoms with Gasteiger partial charge < -0.3 is 15.7 Å². The average molecular weight is 332 g/mol. The Bertz CT molecular complexity index is 403. The van der Waals surface area contributed by atoms with Crippen LogP contribution in [0.3, 0.4) is 0 Å². The summed E-state index contributed by atoms with van der Waals surface area (Å²) < 4.78 is 0.747. The Balaban J connectivity index is 2.05. The Morgan fingerprint density at radius 3 is 3.00 bits per heavy atom. The first-order valence-corrected chi connectivity index (χ1v) is 6.25. The highest BCUT2D eigenvalue weighted by molar-refractivity contribution is 14.1. The van der Waals surface area contributed by atoms with E-state index in [4.69, 9.17) is 0 Å². The predicted molar refractivity (Wildman–Crippen MR) is 69.6 cm³/mol. The van der Waals surface area contributed by atoms with Gasteiger partial charge in [0.2, 0.25) is 0 Å². The van der Waals surface area contributed by atoms with E-state index in [0.717, 1.165) is 23.1 Å². The maximum atomic E-state index is 11.8. The van der Waals surface area contributed by atoms with E-state index in [0.29, 0.717) is 5.56 Å². The van der Waals surface area contributed by atoms with Gasteiger partial charge >= 0.3 is 0 Å². The molecule has 4 nitrogen and oxygen atoms in total. The molecule has 1 amide bonds. The van der Waals surface area contributed by atoms with Crippen LogP contribution in [0.5, 0.6) is 5.75 Å². The van der Waals surface area contributed by atoms with E-state index in [1.807, 2.05) is 22.6 Å². The van der Waals surface area contributed by atoms with Crippen LogP contribution in [0.15, 0.2) is 18.2 Å². The fourth-order valence-electron chi connectivity index (χ4n) is 1.70. The molecule has 0 bridgehead atoms. The Hall–Kier alpha value is -0.820. The summed E-state index contributed by atoms with van der Waals surface area (Å²) in [5.74, 6) is 0.0261. The van der Waals surface area contributed by atoms with Crippen molar-refractivity contribution in [1.29, 1.82) is 0 Å². The number of phenols is 1. The number of aromatic hydroxyl groups is 1. The molecule has 1 aromatic rings. The number of halogens is 1. The van der Waals surface area contributed by atoms with E-state index in [1.165, 1.54) is 6.07 Å². The van der Waals surface area contributed by atoms with Crippen molar-refractivity contribution in [2.75, 3.05) is 13.1 Å².